The second-order valence-electron chi connectivity index (χ2n) is 4.54. The summed E-state index contributed by atoms with van der Waals surface area (Å²) in [5, 5.41) is 0. The van der Waals surface area contributed by atoms with Crippen LogP contribution in [0.3, 0.4) is 0 Å². The predicted octanol–water partition coefficient (Wildman–Crippen LogP) is 4.23. The first-order chi connectivity index (χ1) is 8.42. The quantitative estimate of drug-likeness (QED) is 0.603. The number of carbonyl (C=O) groups is 1. The summed E-state index contributed by atoms with van der Waals surface area (Å²) < 4.78 is 6.66. The first kappa shape index (κ1) is 14.4. The van der Waals surface area contributed by atoms with Crippen LogP contribution in [0.1, 0.15) is 20.8 Å². The van der Waals surface area contributed by atoms with Crippen LogP contribution in [0.15, 0.2) is 53.7 Å². The zero-order valence-electron chi connectivity index (χ0n) is 10.8. The number of hydrogen-bond acceptors (Lipinski definition) is 3. The van der Waals surface area contributed by atoms with Crippen LogP contribution in [-0.4, -0.2) is 16.0 Å². The molecule has 0 bridgehead atoms. The van der Waals surface area contributed by atoms with Crippen molar-refractivity contribution in [1.82, 2.24) is 4.31 Å². The zero-order valence-corrected chi connectivity index (χ0v) is 11.7. The Hall–Kier alpha value is -1.64. The maximum Gasteiger partial charge on any atom is 0.425 e. The van der Waals surface area contributed by atoms with Crippen molar-refractivity contribution in [3.8, 4) is 0 Å². The molecule has 0 aliphatic carbocycles. The van der Waals surface area contributed by atoms with E-state index in [9.17, 15) is 4.79 Å². The summed E-state index contributed by atoms with van der Waals surface area (Å²) in [4.78, 5) is 12.9. The van der Waals surface area contributed by atoms with Gasteiger partial charge in [0.2, 0.25) is 0 Å². The Balaban J connectivity index is 2.77. The highest BCUT2D eigenvalue weighted by Gasteiger charge is 2.21. The molecule has 0 aromatic heterocycles. The first-order valence-corrected chi connectivity index (χ1v) is 6.31. The molecule has 0 saturated heterocycles. The molecule has 0 radical (unpaired) electrons. The van der Waals surface area contributed by atoms with Crippen molar-refractivity contribution in [2.45, 2.75) is 31.3 Å². The molecule has 4 heteroatoms. The summed E-state index contributed by atoms with van der Waals surface area (Å²) >= 11 is 1.26. The topological polar surface area (TPSA) is 29.5 Å². The van der Waals surface area contributed by atoms with Crippen LogP contribution in [0.2, 0.25) is 0 Å². The van der Waals surface area contributed by atoms with Crippen LogP contribution in [0.4, 0.5) is 4.79 Å². The molecule has 0 saturated carbocycles. The lowest BCUT2D eigenvalue weighted by atomic mass is 10.2. The highest BCUT2D eigenvalue weighted by molar-refractivity contribution is 7.97. The third kappa shape index (κ3) is 5.13. The standard InChI is InChI=1S/C14H17NO2S/c1-5-11-15(13(16)17-14(2,3)4)18-12-9-7-6-8-10-12/h6-11H,1H2,2-4H3. The van der Waals surface area contributed by atoms with E-state index in [0.717, 1.165) is 4.90 Å². The van der Waals surface area contributed by atoms with Crippen molar-refractivity contribution in [3.05, 3.63) is 48.8 Å². The molecule has 0 aliphatic heterocycles. The van der Waals surface area contributed by atoms with Gasteiger partial charge < -0.3 is 4.74 Å². The van der Waals surface area contributed by atoms with Gasteiger partial charge in [-0.25, -0.2) is 9.10 Å². The molecule has 96 valence electrons. The summed E-state index contributed by atoms with van der Waals surface area (Å²) in [6, 6.07) is 9.57. The Morgan fingerprint density at radius 2 is 2.00 bits per heavy atom. The minimum Gasteiger partial charge on any atom is -0.443 e. The molecular formula is C14H17NO2S. The molecule has 0 atom stereocenters. The van der Waals surface area contributed by atoms with Gasteiger partial charge in [0.15, 0.2) is 0 Å². The maximum absolute atomic E-state index is 11.9. The van der Waals surface area contributed by atoms with E-state index < -0.39 is 11.7 Å². The molecular weight excluding hydrogens is 246 g/mol. The van der Waals surface area contributed by atoms with Gasteiger partial charge in [-0.3, -0.25) is 0 Å². The van der Waals surface area contributed by atoms with E-state index in [2.05, 4.69) is 12.3 Å². The molecule has 0 fully saturated rings. The molecule has 1 aromatic carbocycles. The van der Waals surface area contributed by atoms with Gasteiger partial charge in [0.05, 0.1) is 6.20 Å². The van der Waals surface area contributed by atoms with Crippen LogP contribution < -0.4 is 0 Å². The molecule has 0 aliphatic rings. The number of carbonyl (C=O) groups excluding carboxylic acids is 1. The van der Waals surface area contributed by atoms with Crippen molar-refractivity contribution in [2.75, 3.05) is 0 Å². The molecule has 0 heterocycles. The summed E-state index contributed by atoms with van der Waals surface area (Å²) in [5.74, 6) is 0. The van der Waals surface area contributed by atoms with Gasteiger partial charge in [-0.15, -0.1) is 5.73 Å². The largest absolute Gasteiger partial charge is 0.443 e. The van der Waals surface area contributed by atoms with Crippen molar-refractivity contribution < 1.29 is 9.53 Å². The number of benzene rings is 1. The predicted molar refractivity (Wildman–Crippen MR) is 74.1 cm³/mol. The van der Waals surface area contributed by atoms with Crippen molar-refractivity contribution in [2.24, 2.45) is 0 Å². The Kier molecular flexibility index (Phi) is 5.08. The zero-order chi connectivity index (χ0) is 13.6. The third-order valence-electron chi connectivity index (χ3n) is 1.73. The highest BCUT2D eigenvalue weighted by atomic mass is 32.2. The number of amides is 1. The molecule has 1 amide bonds. The summed E-state index contributed by atoms with van der Waals surface area (Å²) in [7, 11) is 0. The lowest BCUT2D eigenvalue weighted by Crippen LogP contribution is -2.29. The molecule has 0 spiro atoms. The van der Waals surface area contributed by atoms with Gasteiger partial charge >= 0.3 is 6.09 Å². The van der Waals surface area contributed by atoms with E-state index in [1.54, 1.807) is 0 Å². The fourth-order valence-electron chi connectivity index (χ4n) is 1.10. The normalized spacial score (nSPS) is 10.4. The lowest BCUT2D eigenvalue weighted by Gasteiger charge is -2.23. The van der Waals surface area contributed by atoms with Crippen molar-refractivity contribution in [3.63, 3.8) is 0 Å². The van der Waals surface area contributed by atoms with Gasteiger partial charge in [-0.05, 0) is 44.9 Å². The number of hydrogen-bond donors (Lipinski definition) is 0. The van der Waals surface area contributed by atoms with E-state index in [4.69, 9.17) is 4.74 Å². The molecule has 0 N–H and O–H groups in total. The van der Waals surface area contributed by atoms with Crippen molar-refractivity contribution in [1.29, 1.82) is 0 Å². The van der Waals surface area contributed by atoms with Gasteiger partial charge in [-0.1, -0.05) is 24.8 Å². The van der Waals surface area contributed by atoms with Gasteiger partial charge in [0.25, 0.3) is 0 Å². The minimum atomic E-state index is -0.526. The molecule has 1 rings (SSSR count). The number of rotatable bonds is 3. The monoisotopic (exact) mass is 263 g/mol. The summed E-state index contributed by atoms with van der Waals surface area (Å²) in [6.45, 7) is 8.96. The molecule has 1 aromatic rings. The van der Waals surface area contributed by atoms with Crippen LogP contribution in [-0.2, 0) is 4.74 Å². The fourth-order valence-corrected chi connectivity index (χ4v) is 1.85. The Morgan fingerprint density at radius 3 is 2.50 bits per heavy atom. The number of nitrogens with zero attached hydrogens (tertiary/aromatic N) is 1. The molecule has 18 heavy (non-hydrogen) atoms. The van der Waals surface area contributed by atoms with E-state index >= 15 is 0 Å². The minimum absolute atomic E-state index is 0.437. The van der Waals surface area contributed by atoms with Crippen LogP contribution in [0, 0.1) is 0 Å². The molecule has 0 unspecified atom stereocenters. The smallest absolute Gasteiger partial charge is 0.425 e. The Labute approximate surface area is 112 Å². The van der Waals surface area contributed by atoms with Crippen LogP contribution in [0.25, 0.3) is 0 Å². The summed E-state index contributed by atoms with van der Waals surface area (Å²) in [6.07, 6.45) is 1.03. The van der Waals surface area contributed by atoms with E-state index in [1.807, 2.05) is 51.1 Å². The fraction of sp³-hybridized carbons (Fsp3) is 0.286. The average Bonchev–Trinajstić information content (AvgIpc) is 2.27. The first-order valence-electron chi connectivity index (χ1n) is 5.53. The van der Waals surface area contributed by atoms with Crippen LogP contribution >= 0.6 is 11.9 Å². The second-order valence-corrected chi connectivity index (χ2v) is 5.59. The van der Waals surface area contributed by atoms with Gasteiger partial charge in [0.1, 0.15) is 5.60 Å². The maximum atomic E-state index is 11.9. The Bertz CT molecular complexity index is 445. The van der Waals surface area contributed by atoms with E-state index in [1.165, 1.54) is 22.5 Å². The average molecular weight is 263 g/mol. The highest BCUT2D eigenvalue weighted by Crippen LogP contribution is 2.24. The summed E-state index contributed by atoms with van der Waals surface area (Å²) in [5.41, 5.74) is 2.06. The van der Waals surface area contributed by atoms with Gasteiger partial charge in [-0.2, -0.15) is 0 Å². The Morgan fingerprint density at radius 1 is 1.39 bits per heavy atom. The van der Waals surface area contributed by atoms with E-state index in [0.29, 0.717) is 0 Å². The second kappa shape index (κ2) is 6.34. The lowest BCUT2D eigenvalue weighted by molar-refractivity contribution is 0.0454. The van der Waals surface area contributed by atoms with E-state index in [-0.39, 0.29) is 0 Å². The SMILES string of the molecule is C=C=CN(Sc1ccccc1)C(=O)OC(C)(C)C. The van der Waals surface area contributed by atoms with Crippen LogP contribution in [0.5, 0.6) is 0 Å². The van der Waals surface area contributed by atoms with Crippen molar-refractivity contribution >= 4 is 18.0 Å². The van der Waals surface area contributed by atoms with Gasteiger partial charge in [0, 0.05) is 4.90 Å². The number of ether oxygens (including phenoxy) is 1. The third-order valence-corrected chi connectivity index (χ3v) is 2.66. The molecule has 3 nitrogen and oxygen atoms in total.